The first kappa shape index (κ1) is 27.6. The molecule has 2 aliphatic rings. The van der Waals surface area contributed by atoms with E-state index in [-0.39, 0.29) is 23.7 Å². The van der Waals surface area contributed by atoms with Crippen LogP contribution < -0.4 is 18.9 Å². The molecule has 0 radical (unpaired) electrons. The molecule has 2 aliphatic heterocycles. The molecule has 214 valence electrons. The molecule has 0 bridgehead atoms. The summed E-state index contributed by atoms with van der Waals surface area (Å²) in [4.78, 5) is 16.5. The van der Waals surface area contributed by atoms with Crippen LogP contribution in [0.4, 0.5) is 19.0 Å². The molecule has 0 aliphatic carbocycles. The molecule has 0 unspecified atom stereocenters. The van der Waals surface area contributed by atoms with Gasteiger partial charge in [0.05, 0.1) is 6.61 Å². The van der Waals surface area contributed by atoms with E-state index in [2.05, 4.69) is 14.6 Å². The van der Waals surface area contributed by atoms with Crippen LogP contribution in [-0.2, 0) is 13.1 Å². The van der Waals surface area contributed by atoms with Crippen molar-refractivity contribution in [3.63, 3.8) is 0 Å². The van der Waals surface area contributed by atoms with Gasteiger partial charge in [-0.2, -0.15) is 0 Å². The maximum Gasteiger partial charge on any atom is 0.573 e. The van der Waals surface area contributed by atoms with Crippen molar-refractivity contribution in [3.05, 3.63) is 70.4 Å². The minimum absolute atomic E-state index is 0.214. The van der Waals surface area contributed by atoms with E-state index < -0.39 is 11.3 Å². The van der Waals surface area contributed by atoms with E-state index in [9.17, 15) is 23.3 Å². The average molecular weight is 563 g/mol. The third-order valence-electron chi connectivity index (χ3n) is 6.89. The monoisotopic (exact) mass is 562 g/mol. The van der Waals surface area contributed by atoms with Crippen LogP contribution in [0, 0.1) is 16.0 Å². The van der Waals surface area contributed by atoms with E-state index in [4.69, 9.17) is 14.2 Å². The van der Waals surface area contributed by atoms with E-state index in [0.717, 1.165) is 37.2 Å². The Kier molecular flexibility index (Phi) is 8.29. The van der Waals surface area contributed by atoms with Crippen LogP contribution in [0.2, 0.25) is 0 Å². The third kappa shape index (κ3) is 7.56. The van der Waals surface area contributed by atoms with Crippen LogP contribution in [0.15, 0.2) is 54.7 Å². The molecule has 2 aromatic carbocycles. The highest BCUT2D eigenvalue weighted by Gasteiger charge is 2.31. The van der Waals surface area contributed by atoms with E-state index in [1.165, 1.54) is 18.3 Å². The van der Waals surface area contributed by atoms with Gasteiger partial charge >= 0.3 is 18.2 Å². The molecule has 0 amide bonds. The predicted octanol–water partition coefficient (Wildman–Crippen LogP) is 5.21. The topological polar surface area (TPSA) is 101 Å². The second-order valence-corrected chi connectivity index (χ2v) is 9.87. The van der Waals surface area contributed by atoms with Gasteiger partial charge in [-0.05, 0) is 78.7 Å². The second-order valence-electron chi connectivity index (χ2n) is 9.87. The Balaban J connectivity index is 0.996. The van der Waals surface area contributed by atoms with Crippen molar-refractivity contribution >= 4 is 5.82 Å². The van der Waals surface area contributed by atoms with Crippen molar-refractivity contribution in [2.24, 2.45) is 5.92 Å². The fourth-order valence-corrected chi connectivity index (χ4v) is 4.74. The minimum atomic E-state index is -4.69. The van der Waals surface area contributed by atoms with Gasteiger partial charge in [-0.25, -0.2) is 0 Å². The number of hydrogen-bond acceptors (Lipinski definition) is 8. The fraction of sp³-hybridized carbons (Fsp3) is 0.444. The summed E-state index contributed by atoms with van der Waals surface area (Å²) in [5.41, 5.74) is 0.942. The van der Waals surface area contributed by atoms with Gasteiger partial charge in [0.1, 0.15) is 36.2 Å². The number of nitro groups is 1. The molecule has 1 atom stereocenters. The Labute approximate surface area is 228 Å². The largest absolute Gasteiger partial charge is 0.573 e. The molecule has 1 fully saturated rings. The zero-order chi connectivity index (χ0) is 28.1. The van der Waals surface area contributed by atoms with Crippen molar-refractivity contribution in [1.82, 2.24) is 14.5 Å². The first-order chi connectivity index (χ1) is 19.2. The van der Waals surface area contributed by atoms with Gasteiger partial charge in [0, 0.05) is 24.5 Å². The molecule has 40 heavy (non-hydrogen) atoms. The molecule has 3 aromatic rings. The quantitative estimate of drug-likeness (QED) is 0.245. The van der Waals surface area contributed by atoms with Crippen LogP contribution in [-0.4, -0.2) is 58.1 Å². The molecule has 1 aromatic heterocycles. The number of imidazole rings is 1. The Morgan fingerprint density at radius 3 is 2.17 bits per heavy atom. The summed E-state index contributed by atoms with van der Waals surface area (Å²) in [6.45, 7) is 3.92. The van der Waals surface area contributed by atoms with Gasteiger partial charge in [0.25, 0.3) is 0 Å². The Hall–Kier alpha value is -4.00. The van der Waals surface area contributed by atoms with Gasteiger partial charge in [-0.1, -0.05) is 12.1 Å². The minimum Gasteiger partial charge on any atom is -0.493 e. The normalized spacial score (nSPS) is 18.0. The van der Waals surface area contributed by atoms with Gasteiger partial charge in [-0.3, -0.25) is 9.47 Å². The number of fused-ring (bicyclic) bond motifs is 1. The Morgan fingerprint density at radius 1 is 0.925 bits per heavy atom. The molecule has 1 saturated heterocycles. The first-order valence-corrected chi connectivity index (χ1v) is 13.0. The van der Waals surface area contributed by atoms with Gasteiger partial charge in [-0.15, -0.1) is 13.2 Å². The number of benzene rings is 2. The number of ether oxygens (including phenoxy) is 4. The summed E-state index contributed by atoms with van der Waals surface area (Å²) < 4.78 is 60.1. The Morgan fingerprint density at radius 2 is 1.55 bits per heavy atom. The summed E-state index contributed by atoms with van der Waals surface area (Å²) in [5, 5.41) is 10.9. The summed E-state index contributed by atoms with van der Waals surface area (Å²) in [6.07, 6.45) is -0.965. The van der Waals surface area contributed by atoms with Crippen molar-refractivity contribution in [3.8, 4) is 23.3 Å². The van der Waals surface area contributed by atoms with Crippen LogP contribution >= 0.6 is 0 Å². The molecule has 0 spiro atoms. The zero-order valence-electron chi connectivity index (χ0n) is 21.6. The van der Waals surface area contributed by atoms with Crippen molar-refractivity contribution in [2.45, 2.75) is 44.8 Å². The summed E-state index contributed by atoms with van der Waals surface area (Å²) >= 11 is 0. The second kappa shape index (κ2) is 12.0. The molecule has 10 nitrogen and oxygen atoms in total. The van der Waals surface area contributed by atoms with E-state index in [1.807, 2.05) is 24.3 Å². The van der Waals surface area contributed by atoms with Crippen LogP contribution in [0.25, 0.3) is 0 Å². The molecular weight excluding hydrogens is 533 g/mol. The lowest BCUT2D eigenvalue weighted by Gasteiger charge is -2.31. The smallest absolute Gasteiger partial charge is 0.493 e. The number of nitrogens with zero attached hydrogens (tertiary/aromatic N) is 4. The summed E-state index contributed by atoms with van der Waals surface area (Å²) in [6, 6.07) is 13.6. The van der Waals surface area contributed by atoms with Gasteiger partial charge in [0.2, 0.25) is 0 Å². The average Bonchev–Trinajstić information content (AvgIpc) is 3.37. The number of hydrogen-bond donors (Lipinski definition) is 0. The standard InChI is InChI=1S/C27H29F3N4O6/c28-27(29,30)40-23-3-1-19(2-4-23)15-32-12-9-20(10-13-32)17-37-21-5-7-22(8-6-21)38-18-24-11-14-33-16-25(34(35)36)31-26(33)39-24/h1-8,16,20,24H,9-15,17-18H2/t24-/m1/s1. The lowest BCUT2D eigenvalue weighted by molar-refractivity contribution is -0.389. The first-order valence-electron chi connectivity index (χ1n) is 13.0. The van der Waals surface area contributed by atoms with Gasteiger partial charge in [0.15, 0.2) is 0 Å². The predicted molar refractivity (Wildman–Crippen MR) is 136 cm³/mol. The fourth-order valence-electron chi connectivity index (χ4n) is 4.74. The van der Waals surface area contributed by atoms with E-state index >= 15 is 0 Å². The zero-order valence-corrected chi connectivity index (χ0v) is 21.6. The summed E-state index contributed by atoms with van der Waals surface area (Å²) in [7, 11) is 0. The van der Waals surface area contributed by atoms with Crippen molar-refractivity contribution < 1.29 is 37.0 Å². The molecule has 13 heteroatoms. The lowest BCUT2D eigenvalue weighted by Crippen LogP contribution is -2.35. The maximum atomic E-state index is 12.3. The highest BCUT2D eigenvalue weighted by Crippen LogP contribution is 2.27. The molecule has 5 rings (SSSR count). The lowest BCUT2D eigenvalue weighted by atomic mass is 9.97. The number of rotatable bonds is 10. The van der Waals surface area contributed by atoms with E-state index in [0.29, 0.717) is 44.4 Å². The number of piperidine rings is 1. The number of aryl methyl sites for hydroxylation is 1. The van der Waals surface area contributed by atoms with Gasteiger partial charge < -0.3 is 29.1 Å². The Bertz CT molecular complexity index is 1270. The molecular formula is C27H29F3N4O6. The van der Waals surface area contributed by atoms with Crippen LogP contribution in [0.1, 0.15) is 24.8 Å². The molecule has 0 N–H and O–H groups in total. The highest BCUT2D eigenvalue weighted by molar-refractivity contribution is 5.31. The number of alkyl halides is 3. The number of halogens is 3. The van der Waals surface area contributed by atoms with Crippen molar-refractivity contribution in [1.29, 1.82) is 0 Å². The van der Waals surface area contributed by atoms with Crippen LogP contribution in [0.3, 0.4) is 0 Å². The molecule has 3 heterocycles. The number of aromatic nitrogens is 2. The summed E-state index contributed by atoms with van der Waals surface area (Å²) in [5.74, 6) is 1.39. The third-order valence-corrected chi connectivity index (χ3v) is 6.89. The SMILES string of the molecule is O=[N+]([O-])c1cn2c(n1)O[C@@H](COc1ccc(OCC3CCN(Cc4ccc(OC(F)(F)F)cc4)CC3)cc1)CC2. The maximum absolute atomic E-state index is 12.3. The molecule has 0 saturated carbocycles. The van der Waals surface area contributed by atoms with Crippen molar-refractivity contribution in [2.75, 3.05) is 26.3 Å². The van der Waals surface area contributed by atoms with Crippen LogP contribution in [0.5, 0.6) is 23.3 Å². The van der Waals surface area contributed by atoms with E-state index in [1.54, 1.807) is 16.7 Å². The number of likely N-dealkylation sites (tertiary alicyclic amines) is 1. The highest BCUT2D eigenvalue weighted by atomic mass is 19.4.